The van der Waals surface area contributed by atoms with Gasteiger partial charge in [-0.3, -0.25) is 0 Å². The fraction of sp³-hybridized carbons (Fsp3) is 0.0137. The molecule has 0 amide bonds. The molecule has 30 aromatic rings. The zero-order chi connectivity index (χ0) is 98.7. The van der Waals surface area contributed by atoms with Gasteiger partial charge in [-0.1, -0.05) is 485 Å². The van der Waals surface area contributed by atoms with E-state index in [4.69, 9.17) is 13.3 Å². The molecule has 3 aromatic heterocycles. The highest BCUT2D eigenvalue weighted by atomic mass is 16.3. The standard InChI is InChI=1S/C50H34O.2C48H30O/c1-31-28-44(48-40-23-10-8-21-38(40)47(33-15-4-3-5-16-33)39-22-9-11-24-41(39)48)32(2)27-43(31)34-18-14-19-35(29-34)45-30-36-17-6-7-20-37(36)49-42-25-12-13-26-46(42)51-50(45)49;1-2-13-33(14-3-1)45-38-19-6-8-21-40(38)46(41-22-9-7-20-39(41)45)36-17-12-16-34(29-36)31-25-27-32(28-26-31)43-30-35-15-4-5-18-37(35)47-42-23-10-11-24-44(42)49-48(43)47;1-2-14-32(15-3-1)45-38-20-8-10-22-40(38)46(41-23-11-9-21-39(41)45)33-28-26-31(27-29-33)35-17-6-7-19-37(35)43-30-34-16-4-5-18-36(34)47-42-24-12-13-25-44(42)49-48(43)47/h3-30H,1-2H3;2*1-30H. The zero-order valence-electron chi connectivity index (χ0n) is 82.0. The van der Waals surface area contributed by atoms with Crippen molar-refractivity contribution in [2.24, 2.45) is 0 Å². The van der Waals surface area contributed by atoms with Crippen molar-refractivity contribution in [2.45, 2.75) is 13.8 Å². The van der Waals surface area contributed by atoms with Gasteiger partial charge in [0.1, 0.15) is 33.5 Å². The smallest absolute Gasteiger partial charge is 0.143 e. The average molecular weight is 1900 g/mol. The lowest BCUT2D eigenvalue weighted by atomic mass is 9.83. The Morgan fingerprint density at radius 2 is 0.356 bits per heavy atom. The largest absolute Gasteiger partial charge is 0.455 e. The van der Waals surface area contributed by atoms with Crippen LogP contribution in [0.3, 0.4) is 0 Å². The molecule has 0 spiro atoms. The van der Waals surface area contributed by atoms with Crippen LogP contribution in [0.4, 0.5) is 0 Å². The molecule has 3 heterocycles. The van der Waals surface area contributed by atoms with Crippen LogP contribution in [0.1, 0.15) is 11.1 Å². The Kier molecular flexibility index (Phi) is 21.4. The summed E-state index contributed by atoms with van der Waals surface area (Å²) in [4.78, 5) is 0. The third-order valence-corrected chi connectivity index (χ3v) is 30.8. The first-order valence-electron chi connectivity index (χ1n) is 51.4. The highest BCUT2D eigenvalue weighted by molar-refractivity contribution is 6.29. The van der Waals surface area contributed by atoms with Crippen molar-refractivity contribution in [3.8, 4) is 134 Å². The molecule has 0 unspecified atom stereocenters. The lowest BCUT2D eigenvalue weighted by Crippen LogP contribution is -1.94. The molecule has 0 radical (unpaired) electrons. The molecular weight excluding hydrogens is 1800 g/mol. The minimum Gasteiger partial charge on any atom is -0.455 e. The summed E-state index contributed by atoms with van der Waals surface area (Å²) in [5, 5.41) is 29.5. The molecule has 0 saturated heterocycles. The number of hydrogen-bond donors (Lipinski definition) is 0. The monoisotopic (exact) mass is 1890 g/mol. The molecule has 3 heteroatoms. The van der Waals surface area contributed by atoms with Crippen molar-refractivity contribution in [1.29, 1.82) is 0 Å². The van der Waals surface area contributed by atoms with E-state index in [0.29, 0.717) is 0 Å². The molecule has 0 aliphatic rings. The Labute approximate surface area is 862 Å². The maximum atomic E-state index is 6.64. The maximum Gasteiger partial charge on any atom is 0.143 e. The maximum absolute atomic E-state index is 6.64. The Morgan fingerprint density at radius 1 is 0.121 bits per heavy atom. The molecule has 27 aromatic carbocycles. The number of benzene rings is 27. The van der Waals surface area contributed by atoms with Crippen molar-refractivity contribution >= 4 is 163 Å². The van der Waals surface area contributed by atoms with Crippen LogP contribution in [0.25, 0.3) is 296 Å². The Morgan fingerprint density at radius 3 is 0.745 bits per heavy atom. The molecule has 0 saturated carbocycles. The van der Waals surface area contributed by atoms with E-state index in [1.54, 1.807) is 0 Å². The predicted molar refractivity (Wildman–Crippen MR) is 633 cm³/mol. The van der Waals surface area contributed by atoms with Gasteiger partial charge in [0.05, 0.1) is 0 Å². The summed E-state index contributed by atoms with van der Waals surface area (Å²) in [6, 6.07) is 193. The number of furan rings is 3. The number of hydrogen-bond acceptors (Lipinski definition) is 3. The first kappa shape index (κ1) is 87.5. The van der Waals surface area contributed by atoms with E-state index in [1.165, 1.54) is 224 Å². The summed E-state index contributed by atoms with van der Waals surface area (Å²) in [7, 11) is 0. The van der Waals surface area contributed by atoms with Crippen LogP contribution in [0.15, 0.2) is 547 Å². The van der Waals surface area contributed by atoms with Gasteiger partial charge in [-0.2, -0.15) is 0 Å². The molecule has 0 aliphatic heterocycles. The van der Waals surface area contributed by atoms with Crippen LogP contribution in [-0.4, -0.2) is 0 Å². The van der Waals surface area contributed by atoms with Gasteiger partial charge in [0, 0.05) is 49.0 Å². The van der Waals surface area contributed by atoms with E-state index < -0.39 is 0 Å². The molecule has 696 valence electrons. The molecule has 0 bridgehead atoms. The number of aryl methyl sites for hydroxylation is 2. The topological polar surface area (TPSA) is 39.4 Å². The molecule has 0 aliphatic carbocycles. The van der Waals surface area contributed by atoms with Crippen LogP contribution < -0.4 is 0 Å². The number of rotatable bonds is 12. The van der Waals surface area contributed by atoms with Crippen molar-refractivity contribution < 1.29 is 13.3 Å². The van der Waals surface area contributed by atoms with Crippen molar-refractivity contribution in [3.63, 3.8) is 0 Å². The second-order valence-electron chi connectivity index (χ2n) is 39.3. The van der Waals surface area contributed by atoms with E-state index in [-0.39, 0.29) is 0 Å². The summed E-state index contributed by atoms with van der Waals surface area (Å²) >= 11 is 0. The minimum atomic E-state index is 0.912. The van der Waals surface area contributed by atoms with Crippen molar-refractivity contribution in [3.05, 3.63) is 545 Å². The second kappa shape index (κ2) is 36.5. The molecule has 0 atom stereocenters. The molecular formula is C146H94O3. The normalized spacial score (nSPS) is 11.7. The fourth-order valence-electron chi connectivity index (χ4n) is 24.1. The molecule has 0 N–H and O–H groups in total. The van der Waals surface area contributed by atoms with E-state index in [0.717, 1.165) is 83.0 Å². The van der Waals surface area contributed by atoms with E-state index in [2.05, 4.69) is 529 Å². The third kappa shape index (κ3) is 14.9. The van der Waals surface area contributed by atoms with Gasteiger partial charge in [-0.25, -0.2) is 0 Å². The fourth-order valence-corrected chi connectivity index (χ4v) is 24.1. The molecule has 3 nitrogen and oxygen atoms in total. The quantitative estimate of drug-likeness (QED) is 0.114. The van der Waals surface area contributed by atoms with Gasteiger partial charge in [-0.15, -0.1) is 0 Å². The van der Waals surface area contributed by atoms with E-state index in [9.17, 15) is 0 Å². The highest BCUT2D eigenvalue weighted by Gasteiger charge is 2.27. The third-order valence-electron chi connectivity index (χ3n) is 30.8. The van der Waals surface area contributed by atoms with Gasteiger partial charge in [0.2, 0.25) is 0 Å². The summed E-state index contributed by atoms with van der Waals surface area (Å²) < 4.78 is 19.8. The van der Waals surface area contributed by atoms with Gasteiger partial charge < -0.3 is 13.3 Å². The summed E-state index contributed by atoms with van der Waals surface area (Å²) in [5.74, 6) is 0. The van der Waals surface area contributed by atoms with E-state index in [1.807, 2.05) is 18.2 Å². The average Bonchev–Trinajstić information content (AvgIpc) is 1.61. The van der Waals surface area contributed by atoms with Crippen molar-refractivity contribution in [1.82, 2.24) is 0 Å². The number of para-hydroxylation sites is 3. The summed E-state index contributed by atoms with van der Waals surface area (Å²) in [6.45, 7) is 4.51. The molecule has 30 rings (SSSR count). The summed E-state index contributed by atoms with van der Waals surface area (Å²) in [5.41, 5.74) is 37.1. The molecule has 149 heavy (non-hydrogen) atoms. The summed E-state index contributed by atoms with van der Waals surface area (Å²) in [6.07, 6.45) is 0. The Hall–Kier alpha value is -19.3. The van der Waals surface area contributed by atoms with Crippen LogP contribution in [0.5, 0.6) is 0 Å². The van der Waals surface area contributed by atoms with Crippen molar-refractivity contribution in [2.75, 3.05) is 0 Å². The second-order valence-corrected chi connectivity index (χ2v) is 39.3. The Bertz CT molecular complexity index is 10400. The van der Waals surface area contributed by atoms with Crippen LogP contribution in [-0.2, 0) is 0 Å². The van der Waals surface area contributed by atoms with Gasteiger partial charge >= 0.3 is 0 Å². The minimum absolute atomic E-state index is 0.912. The van der Waals surface area contributed by atoms with Gasteiger partial charge in [-0.05, 0) is 287 Å². The Balaban J connectivity index is 0.000000108. The van der Waals surface area contributed by atoms with Crippen LogP contribution in [0, 0.1) is 13.8 Å². The lowest BCUT2D eigenvalue weighted by molar-refractivity contribution is 0.670. The SMILES string of the molecule is Cc1cc(-c2c3ccccc3c(-c3ccccc3)c3ccccc23)c(C)cc1-c1cccc(-c2cc3ccccc3c3c2oc2ccccc23)c1.c1ccc(-c2c3ccccc3c(-c3ccc(-c4ccccc4-c4cc5ccccc5c5c4oc4ccccc45)cc3)c3ccccc23)cc1.c1ccc(-c2c3ccccc3c(-c3cccc(-c4ccc(-c5cc6ccccc6c6c5oc5ccccc56)cc4)c3)c3ccccc23)cc1. The van der Waals surface area contributed by atoms with Gasteiger partial charge in [0.25, 0.3) is 0 Å². The van der Waals surface area contributed by atoms with Crippen LogP contribution >= 0.6 is 0 Å². The van der Waals surface area contributed by atoms with Gasteiger partial charge in [0.15, 0.2) is 0 Å². The number of fused-ring (bicyclic) bond motifs is 21. The first-order valence-corrected chi connectivity index (χ1v) is 51.4. The van der Waals surface area contributed by atoms with E-state index >= 15 is 0 Å². The first-order chi connectivity index (χ1) is 73.8. The molecule has 0 fully saturated rings. The predicted octanol–water partition coefficient (Wildman–Crippen LogP) is 41.8. The highest BCUT2D eigenvalue weighted by Crippen LogP contribution is 2.53. The van der Waals surface area contributed by atoms with Crippen LogP contribution in [0.2, 0.25) is 0 Å². The zero-order valence-corrected chi connectivity index (χ0v) is 82.0. The lowest BCUT2D eigenvalue weighted by Gasteiger charge is -2.20.